The molecule has 20 heavy (non-hydrogen) atoms. The van der Waals surface area contributed by atoms with Crippen LogP contribution in [0.1, 0.15) is 16.8 Å². The van der Waals surface area contributed by atoms with Crippen molar-refractivity contribution in [3.8, 4) is 5.75 Å². The van der Waals surface area contributed by atoms with Crippen molar-refractivity contribution in [2.45, 2.75) is 12.0 Å². The highest BCUT2D eigenvalue weighted by atomic mass is 79.9. The number of methoxy groups -OCH3 is 1. The summed E-state index contributed by atoms with van der Waals surface area (Å²) in [5.74, 6) is -0.948. The number of carboxylic acid groups (broad SMARTS) is 1. The van der Waals surface area contributed by atoms with E-state index in [2.05, 4.69) is 21.2 Å². The van der Waals surface area contributed by atoms with Crippen molar-refractivity contribution < 1.29 is 24.2 Å². The predicted octanol–water partition coefficient (Wildman–Crippen LogP) is 1.43. The van der Waals surface area contributed by atoms with Crippen molar-refractivity contribution in [1.29, 1.82) is 0 Å². The third-order valence-electron chi connectivity index (χ3n) is 3.20. The summed E-state index contributed by atoms with van der Waals surface area (Å²) >= 11 is 3.28. The minimum Gasteiger partial charge on any atom is -0.496 e. The number of ether oxygens (including phenoxy) is 2. The summed E-state index contributed by atoms with van der Waals surface area (Å²) in [4.78, 5) is 23.5. The van der Waals surface area contributed by atoms with Gasteiger partial charge in [0, 0.05) is 18.6 Å². The molecule has 0 saturated carbocycles. The zero-order valence-electron chi connectivity index (χ0n) is 10.8. The first-order valence-corrected chi connectivity index (χ1v) is 6.75. The van der Waals surface area contributed by atoms with E-state index in [0.29, 0.717) is 22.4 Å². The molecule has 1 aliphatic rings. The number of benzene rings is 1. The Morgan fingerprint density at radius 2 is 2.25 bits per heavy atom. The van der Waals surface area contributed by atoms with Gasteiger partial charge in [0.05, 0.1) is 18.2 Å². The number of carbonyl (C=O) groups excluding carboxylic acids is 1. The van der Waals surface area contributed by atoms with Crippen LogP contribution in [-0.2, 0) is 9.53 Å². The van der Waals surface area contributed by atoms with Gasteiger partial charge in [0.25, 0.3) is 5.91 Å². The average molecular weight is 344 g/mol. The Morgan fingerprint density at radius 1 is 1.50 bits per heavy atom. The van der Waals surface area contributed by atoms with E-state index in [0.717, 1.165) is 0 Å². The molecule has 1 atom stereocenters. The molecule has 6 nitrogen and oxygen atoms in total. The van der Waals surface area contributed by atoms with Gasteiger partial charge >= 0.3 is 5.97 Å². The lowest BCUT2D eigenvalue weighted by Gasteiger charge is -2.23. The van der Waals surface area contributed by atoms with E-state index in [1.807, 2.05) is 0 Å². The summed E-state index contributed by atoms with van der Waals surface area (Å²) in [6.07, 6.45) is 0.255. The number of rotatable bonds is 4. The van der Waals surface area contributed by atoms with Crippen molar-refractivity contribution in [3.05, 3.63) is 28.2 Å². The van der Waals surface area contributed by atoms with Gasteiger partial charge in [-0.1, -0.05) is 0 Å². The summed E-state index contributed by atoms with van der Waals surface area (Å²) in [5.41, 5.74) is -0.992. The molecule has 0 aliphatic carbocycles. The van der Waals surface area contributed by atoms with Crippen molar-refractivity contribution in [3.63, 3.8) is 0 Å². The standard InChI is InChI=1S/C13H14BrNO5/c1-19-10-3-2-8(6-9(10)14)11(16)15-13(12(17)18)4-5-20-7-13/h2-3,6H,4-5,7H2,1H3,(H,15,16)(H,17,18). The fourth-order valence-corrected chi connectivity index (χ4v) is 2.52. The number of halogens is 1. The summed E-state index contributed by atoms with van der Waals surface area (Å²) in [6, 6.07) is 4.79. The van der Waals surface area contributed by atoms with Crippen LogP contribution in [0.15, 0.2) is 22.7 Å². The molecule has 0 radical (unpaired) electrons. The Labute approximate surface area is 124 Å². The van der Waals surface area contributed by atoms with Gasteiger partial charge in [-0.15, -0.1) is 0 Å². The van der Waals surface area contributed by atoms with Gasteiger partial charge in [-0.25, -0.2) is 4.79 Å². The molecule has 1 aromatic rings. The minimum atomic E-state index is -1.34. The topological polar surface area (TPSA) is 84.9 Å². The Morgan fingerprint density at radius 3 is 2.75 bits per heavy atom. The van der Waals surface area contributed by atoms with E-state index >= 15 is 0 Å². The Balaban J connectivity index is 2.19. The SMILES string of the molecule is COc1ccc(C(=O)NC2(C(=O)O)CCOC2)cc1Br. The number of hydrogen-bond acceptors (Lipinski definition) is 4. The van der Waals surface area contributed by atoms with Crippen LogP contribution in [0.5, 0.6) is 5.75 Å². The molecular formula is C13H14BrNO5. The van der Waals surface area contributed by atoms with Crippen LogP contribution in [0, 0.1) is 0 Å². The molecule has 0 spiro atoms. The first-order chi connectivity index (χ1) is 9.48. The molecular weight excluding hydrogens is 330 g/mol. The highest BCUT2D eigenvalue weighted by molar-refractivity contribution is 9.10. The summed E-state index contributed by atoms with van der Waals surface area (Å²) in [5, 5.41) is 11.8. The van der Waals surface area contributed by atoms with Crippen LogP contribution in [0.2, 0.25) is 0 Å². The molecule has 1 unspecified atom stereocenters. The number of amides is 1. The number of hydrogen-bond donors (Lipinski definition) is 2. The van der Waals surface area contributed by atoms with Gasteiger partial charge in [-0.2, -0.15) is 0 Å². The Hall–Kier alpha value is -1.60. The fraction of sp³-hybridized carbons (Fsp3) is 0.385. The van der Waals surface area contributed by atoms with E-state index in [9.17, 15) is 14.7 Å². The number of aliphatic carboxylic acids is 1. The van der Waals surface area contributed by atoms with Crippen molar-refractivity contribution >= 4 is 27.8 Å². The van der Waals surface area contributed by atoms with E-state index in [1.165, 1.54) is 7.11 Å². The quantitative estimate of drug-likeness (QED) is 0.863. The zero-order valence-corrected chi connectivity index (χ0v) is 12.4. The second-order valence-electron chi connectivity index (χ2n) is 4.49. The van der Waals surface area contributed by atoms with Gasteiger partial charge in [0.15, 0.2) is 5.54 Å². The molecule has 7 heteroatoms. The van der Waals surface area contributed by atoms with Crippen molar-refractivity contribution in [2.75, 3.05) is 20.3 Å². The highest BCUT2D eigenvalue weighted by Crippen LogP contribution is 2.26. The van der Waals surface area contributed by atoms with Gasteiger partial charge < -0.3 is 19.9 Å². The van der Waals surface area contributed by atoms with Gasteiger partial charge in [0.2, 0.25) is 0 Å². The Bertz CT molecular complexity index is 540. The second-order valence-corrected chi connectivity index (χ2v) is 5.35. The zero-order chi connectivity index (χ0) is 14.8. The molecule has 2 N–H and O–H groups in total. The smallest absolute Gasteiger partial charge is 0.331 e. The molecule has 1 aromatic carbocycles. The molecule has 1 amide bonds. The summed E-state index contributed by atoms with van der Waals surface area (Å²) < 4.78 is 10.8. The third kappa shape index (κ3) is 2.78. The lowest BCUT2D eigenvalue weighted by Crippen LogP contribution is -2.55. The van der Waals surface area contributed by atoms with Crippen LogP contribution in [-0.4, -0.2) is 42.8 Å². The van der Waals surface area contributed by atoms with Crippen molar-refractivity contribution in [1.82, 2.24) is 5.32 Å². The van der Waals surface area contributed by atoms with Crippen LogP contribution < -0.4 is 10.1 Å². The fourth-order valence-electron chi connectivity index (χ4n) is 1.98. The average Bonchev–Trinajstić information content (AvgIpc) is 2.88. The van der Waals surface area contributed by atoms with Gasteiger partial charge in [-0.3, -0.25) is 4.79 Å². The molecule has 1 fully saturated rings. The monoisotopic (exact) mass is 343 g/mol. The van der Waals surface area contributed by atoms with Gasteiger partial charge in [0.1, 0.15) is 5.75 Å². The molecule has 1 aliphatic heterocycles. The first-order valence-electron chi connectivity index (χ1n) is 5.96. The molecule has 2 rings (SSSR count). The van der Waals surface area contributed by atoms with E-state index < -0.39 is 17.4 Å². The molecule has 1 heterocycles. The summed E-state index contributed by atoms with van der Waals surface area (Å²) in [7, 11) is 1.52. The van der Waals surface area contributed by atoms with Crippen molar-refractivity contribution in [2.24, 2.45) is 0 Å². The van der Waals surface area contributed by atoms with Crippen LogP contribution >= 0.6 is 15.9 Å². The minimum absolute atomic E-state index is 0.0224. The Kier molecular flexibility index (Phi) is 4.29. The lowest BCUT2D eigenvalue weighted by molar-refractivity contribution is -0.144. The normalized spacial score (nSPS) is 21.5. The van der Waals surface area contributed by atoms with Crippen LogP contribution in [0.25, 0.3) is 0 Å². The lowest BCUT2D eigenvalue weighted by atomic mass is 9.98. The maximum absolute atomic E-state index is 12.2. The number of nitrogens with one attached hydrogen (secondary N) is 1. The number of carbonyl (C=O) groups is 2. The van der Waals surface area contributed by atoms with Crippen LogP contribution in [0.4, 0.5) is 0 Å². The first kappa shape index (κ1) is 14.8. The third-order valence-corrected chi connectivity index (χ3v) is 3.82. The molecule has 0 aromatic heterocycles. The van der Waals surface area contributed by atoms with Gasteiger partial charge in [-0.05, 0) is 34.1 Å². The molecule has 0 bridgehead atoms. The summed E-state index contributed by atoms with van der Waals surface area (Å²) in [6.45, 7) is 0.296. The predicted molar refractivity (Wildman–Crippen MR) is 74.0 cm³/mol. The molecule has 108 valence electrons. The maximum Gasteiger partial charge on any atom is 0.331 e. The highest BCUT2D eigenvalue weighted by Gasteiger charge is 2.44. The molecule has 1 saturated heterocycles. The van der Waals surface area contributed by atoms with E-state index in [4.69, 9.17) is 9.47 Å². The largest absolute Gasteiger partial charge is 0.496 e. The van der Waals surface area contributed by atoms with E-state index in [1.54, 1.807) is 18.2 Å². The number of carboxylic acids is 1. The second kappa shape index (κ2) is 5.80. The maximum atomic E-state index is 12.2. The van der Waals surface area contributed by atoms with E-state index in [-0.39, 0.29) is 13.0 Å². The van der Waals surface area contributed by atoms with Crippen LogP contribution in [0.3, 0.4) is 0 Å².